The topological polar surface area (TPSA) is 69.2 Å². The predicted octanol–water partition coefficient (Wildman–Crippen LogP) is 2.53. The van der Waals surface area contributed by atoms with Crippen LogP contribution in [0.25, 0.3) is 0 Å². The minimum absolute atomic E-state index is 0.237. The molecule has 0 bridgehead atoms. The molecule has 8 heteroatoms. The molecule has 2 aliphatic heterocycles. The number of nitrogens with zero attached hydrogens (tertiary/aromatic N) is 2. The minimum atomic E-state index is -0.237. The van der Waals surface area contributed by atoms with Gasteiger partial charge in [-0.15, -0.1) is 0 Å². The van der Waals surface area contributed by atoms with Crippen molar-refractivity contribution in [1.29, 1.82) is 0 Å². The first-order valence-corrected chi connectivity index (χ1v) is 17.7. The van der Waals surface area contributed by atoms with Gasteiger partial charge in [0, 0.05) is 24.3 Å². The van der Waals surface area contributed by atoms with Gasteiger partial charge in [0.25, 0.3) is 0 Å². The molecule has 44 heavy (non-hydrogen) atoms. The maximum atomic E-state index is 12.4. The number of rotatable bonds is 17. The van der Waals surface area contributed by atoms with Gasteiger partial charge < -0.3 is 19.3 Å². The first-order chi connectivity index (χ1) is 21.7. The molecule has 0 radical (unpaired) electrons. The smallest absolute Gasteiger partial charge is 0.338 e. The molecule has 0 aliphatic carbocycles. The number of carbonyl (C=O) groups is 2. The number of likely N-dealkylation sites (tertiary alicyclic amines) is 2. The zero-order valence-corrected chi connectivity index (χ0v) is 27.1. The Morgan fingerprint density at radius 1 is 0.523 bits per heavy atom. The molecule has 0 aromatic carbocycles. The third-order valence-corrected chi connectivity index (χ3v) is 9.33. The van der Waals surface area contributed by atoms with Crippen LogP contribution in [-0.4, -0.2) is 64.4 Å². The third-order valence-electron chi connectivity index (χ3n) is 9.33. The van der Waals surface area contributed by atoms with Crippen molar-refractivity contribution in [2.24, 2.45) is 0 Å². The summed E-state index contributed by atoms with van der Waals surface area (Å²) in [7, 11) is 0. The third kappa shape index (κ3) is 13.0. The summed E-state index contributed by atoms with van der Waals surface area (Å²) in [4.78, 5) is 28.2. The van der Waals surface area contributed by atoms with Crippen LogP contribution in [0.3, 0.4) is 0 Å². The van der Waals surface area contributed by atoms with E-state index in [1.54, 1.807) is 9.80 Å². The molecular formula is C36H58N4O4+4. The summed E-state index contributed by atoms with van der Waals surface area (Å²) in [6, 6.07) is 7.50. The average molecular weight is 611 g/mol. The zero-order valence-electron chi connectivity index (χ0n) is 27.1. The highest BCUT2D eigenvalue weighted by atomic mass is 16.5. The monoisotopic (exact) mass is 610 g/mol. The number of quaternary nitrogens is 2. The van der Waals surface area contributed by atoms with Crippen LogP contribution < -0.4 is 18.9 Å². The Balaban J connectivity index is 0.974. The number of carbonyl (C=O) groups excluding carboxylic acids is 2. The van der Waals surface area contributed by atoms with Crippen molar-refractivity contribution in [2.75, 3.05) is 52.5 Å². The molecule has 0 amide bonds. The molecule has 0 unspecified atom stereocenters. The van der Waals surface area contributed by atoms with Crippen molar-refractivity contribution in [3.63, 3.8) is 0 Å². The van der Waals surface area contributed by atoms with E-state index in [1.807, 2.05) is 49.1 Å². The zero-order chi connectivity index (χ0) is 30.7. The van der Waals surface area contributed by atoms with Gasteiger partial charge in [0.2, 0.25) is 0 Å². The summed E-state index contributed by atoms with van der Waals surface area (Å²) in [5.41, 5.74) is 1.24. The lowest BCUT2D eigenvalue weighted by Gasteiger charge is -2.14. The van der Waals surface area contributed by atoms with Crippen LogP contribution in [0.1, 0.15) is 111 Å². The Morgan fingerprint density at radius 3 is 1.23 bits per heavy atom. The van der Waals surface area contributed by atoms with Gasteiger partial charge in [0.15, 0.2) is 37.9 Å². The Hall–Kier alpha value is -2.84. The van der Waals surface area contributed by atoms with Gasteiger partial charge in [-0.2, -0.15) is 9.13 Å². The fourth-order valence-electron chi connectivity index (χ4n) is 6.42. The van der Waals surface area contributed by atoms with Gasteiger partial charge in [-0.3, -0.25) is 0 Å². The van der Waals surface area contributed by atoms with Crippen LogP contribution >= 0.6 is 0 Å². The first kappa shape index (κ1) is 34.0. The van der Waals surface area contributed by atoms with Crippen molar-refractivity contribution in [1.82, 2.24) is 0 Å². The first-order valence-electron chi connectivity index (χ1n) is 17.7. The van der Waals surface area contributed by atoms with E-state index in [2.05, 4.69) is 9.13 Å². The molecule has 0 spiro atoms. The van der Waals surface area contributed by atoms with Crippen LogP contribution in [0, 0.1) is 0 Å². The molecule has 2 N–H and O–H groups in total. The summed E-state index contributed by atoms with van der Waals surface area (Å²) in [5, 5.41) is 0. The predicted molar refractivity (Wildman–Crippen MR) is 170 cm³/mol. The summed E-state index contributed by atoms with van der Waals surface area (Å²) < 4.78 is 15.3. The molecule has 2 fully saturated rings. The van der Waals surface area contributed by atoms with Crippen molar-refractivity contribution in [3.8, 4) is 0 Å². The number of esters is 2. The largest absolute Gasteiger partial charge is 0.462 e. The van der Waals surface area contributed by atoms with Crippen LogP contribution in [0.4, 0.5) is 0 Å². The van der Waals surface area contributed by atoms with Crippen LogP contribution in [0.2, 0.25) is 0 Å². The SMILES string of the molecule is O=C(OCCCCCCCCOC(=O)c1cc[n+](CC[NH+]2CCCCCC2)cc1)c1cc[n+](CC[NH+]2CCCCCC2)cc1. The second-order valence-corrected chi connectivity index (χ2v) is 12.9. The highest BCUT2D eigenvalue weighted by molar-refractivity contribution is 5.89. The molecular weight excluding hydrogens is 552 g/mol. The quantitative estimate of drug-likeness (QED) is 0.164. The molecule has 0 atom stereocenters. The van der Waals surface area contributed by atoms with Crippen LogP contribution in [0.5, 0.6) is 0 Å². The van der Waals surface area contributed by atoms with Crippen molar-refractivity contribution < 1.29 is 38.0 Å². The van der Waals surface area contributed by atoms with Gasteiger partial charge in [-0.05, 0) is 64.2 Å². The number of ether oxygens (including phenoxy) is 2. The number of hydrogen-bond donors (Lipinski definition) is 2. The molecule has 4 heterocycles. The van der Waals surface area contributed by atoms with E-state index < -0.39 is 0 Å². The number of hydrogen-bond acceptors (Lipinski definition) is 4. The van der Waals surface area contributed by atoms with E-state index in [0.29, 0.717) is 24.3 Å². The lowest BCUT2D eigenvalue weighted by molar-refractivity contribution is -0.918. The van der Waals surface area contributed by atoms with E-state index >= 15 is 0 Å². The van der Waals surface area contributed by atoms with E-state index in [1.165, 1.54) is 77.5 Å². The minimum Gasteiger partial charge on any atom is -0.462 e. The van der Waals surface area contributed by atoms with E-state index in [4.69, 9.17) is 9.47 Å². The molecule has 0 saturated carbocycles. The molecule has 2 aromatic heterocycles. The van der Waals surface area contributed by atoms with Gasteiger partial charge in [-0.25, -0.2) is 9.59 Å². The Bertz CT molecular complexity index is 989. The van der Waals surface area contributed by atoms with Gasteiger partial charge in [-0.1, -0.05) is 25.7 Å². The summed E-state index contributed by atoms with van der Waals surface area (Å²) in [6.07, 6.45) is 24.9. The van der Waals surface area contributed by atoms with Crippen LogP contribution in [-0.2, 0) is 22.6 Å². The van der Waals surface area contributed by atoms with E-state index in [9.17, 15) is 9.59 Å². The lowest BCUT2D eigenvalue weighted by Crippen LogP contribution is -3.12. The van der Waals surface area contributed by atoms with Crippen molar-refractivity contribution in [2.45, 2.75) is 103 Å². The second-order valence-electron chi connectivity index (χ2n) is 12.9. The Kier molecular flexibility index (Phi) is 15.7. The van der Waals surface area contributed by atoms with Gasteiger partial charge >= 0.3 is 11.9 Å². The van der Waals surface area contributed by atoms with Gasteiger partial charge in [0.1, 0.15) is 13.1 Å². The molecule has 4 rings (SSSR count). The van der Waals surface area contributed by atoms with E-state index in [0.717, 1.165) is 64.7 Å². The Labute approximate surface area is 265 Å². The van der Waals surface area contributed by atoms with Gasteiger partial charge in [0.05, 0.1) is 50.5 Å². The van der Waals surface area contributed by atoms with Crippen molar-refractivity contribution in [3.05, 3.63) is 60.2 Å². The maximum absolute atomic E-state index is 12.4. The summed E-state index contributed by atoms with van der Waals surface area (Å²) in [6.45, 7) is 10.3. The fraction of sp³-hybridized carbons (Fsp3) is 0.667. The van der Waals surface area contributed by atoms with Crippen LogP contribution in [0.15, 0.2) is 49.1 Å². The fourth-order valence-corrected chi connectivity index (χ4v) is 6.42. The highest BCUT2D eigenvalue weighted by Gasteiger charge is 2.17. The Morgan fingerprint density at radius 2 is 0.864 bits per heavy atom. The highest BCUT2D eigenvalue weighted by Crippen LogP contribution is 2.08. The number of unbranched alkanes of at least 4 members (excludes halogenated alkanes) is 5. The number of pyridine rings is 2. The average Bonchev–Trinajstić information content (AvgIpc) is 3.49. The molecule has 8 nitrogen and oxygen atoms in total. The second kappa shape index (κ2) is 20.2. The normalized spacial score (nSPS) is 16.6. The molecule has 242 valence electrons. The lowest BCUT2D eigenvalue weighted by atomic mass is 10.1. The van der Waals surface area contributed by atoms with Crippen molar-refractivity contribution >= 4 is 11.9 Å². The maximum Gasteiger partial charge on any atom is 0.338 e. The summed E-state index contributed by atoms with van der Waals surface area (Å²) >= 11 is 0. The standard InChI is InChI=1S/C36H56N4O4/c41-35(33-15-23-39(24-16-33)29-27-37-19-9-3-4-10-20-37)43-31-13-7-1-2-8-14-32-44-36(42)34-17-25-40(26-18-34)30-28-38-21-11-5-6-12-22-38/h15-18,23-26H,1-14,19-22,27-32H2/q+2/p+2. The molecule has 2 aliphatic rings. The number of nitrogens with one attached hydrogen (secondary N) is 2. The number of aromatic nitrogens is 2. The molecule has 2 saturated heterocycles. The summed E-state index contributed by atoms with van der Waals surface area (Å²) in [5.74, 6) is -0.474. The van der Waals surface area contributed by atoms with E-state index in [-0.39, 0.29) is 11.9 Å². The molecule has 2 aromatic rings.